The number of nitrogens with one attached hydrogen (secondary N) is 2. The molecule has 1 fully saturated rings. The van der Waals surface area contributed by atoms with Crippen LogP contribution >= 0.6 is 0 Å². The summed E-state index contributed by atoms with van der Waals surface area (Å²) in [6, 6.07) is 14.8. The van der Waals surface area contributed by atoms with Crippen molar-refractivity contribution in [3.63, 3.8) is 0 Å². The molecule has 2 heterocycles. The third-order valence-corrected chi connectivity index (χ3v) is 5.65. The Morgan fingerprint density at radius 1 is 1.16 bits per heavy atom. The van der Waals surface area contributed by atoms with E-state index in [1.807, 2.05) is 42.2 Å². The van der Waals surface area contributed by atoms with E-state index in [0.29, 0.717) is 42.8 Å². The first-order valence-electron chi connectivity index (χ1n) is 10.9. The first kappa shape index (κ1) is 21.5. The minimum atomic E-state index is -0.233. The number of rotatable bonds is 7. The maximum absolute atomic E-state index is 12.7. The number of hydrogen-bond acceptors (Lipinski definition) is 4. The zero-order chi connectivity index (χ0) is 22.5. The van der Waals surface area contributed by atoms with Gasteiger partial charge in [0, 0.05) is 32.6 Å². The maximum Gasteiger partial charge on any atom is 0.318 e. The van der Waals surface area contributed by atoms with Gasteiger partial charge in [-0.3, -0.25) is 9.59 Å². The number of urea groups is 1. The Hall–Kier alpha value is -3.68. The summed E-state index contributed by atoms with van der Waals surface area (Å²) in [6.45, 7) is 4.34. The van der Waals surface area contributed by atoms with Crippen molar-refractivity contribution < 1.29 is 9.59 Å². The summed E-state index contributed by atoms with van der Waals surface area (Å²) < 4.78 is 0. The van der Waals surface area contributed by atoms with Crippen LogP contribution in [0, 0.1) is 0 Å². The summed E-state index contributed by atoms with van der Waals surface area (Å²) >= 11 is 0. The van der Waals surface area contributed by atoms with E-state index in [2.05, 4.69) is 15.3 Å². The average molecular weight is 434 g/mol. The minimum absolute atomic E-state index is 0.197. The molecule has 0 aliphatic carbocycles. The van der Waals surface area contributed by atoms with Gasteiger partial charge in [0.1, 0.15) is 5.82 Å². The van der Waals surface area contributed by atoms with Crippen LogP contribution in [0.5, 0.6) is 0 Å². The highest BCUT2D eigenvalue weighted by molar-refractivity contribution is 5.78. The predicted molar refractivity (Wildman–Crippen MR) is 122 cm³/mol. The van der Waals surface area contributed by atoms with E-state index >= 15 is 0 Å². The fourth-order valence-electron chi connectivity index (χ4n) is 3.94. The summed E-state index contributed by atoms with van der Waals surface area (Å²) in [5.74, 6) is 0.644. The molecular formula is C24H27N5O3. The van der Waals surface area contributed by atoms with E-state index in [4.69, 9.17) is 0 Å². The normalized spacial score (nSPS) is 13.5. The molecule has 1 saturated heterocycles. The van der Waals surface area contributed by atoms with Crippen molar-refractivity contribution in [2.45, 2.75) is 39.4 Å². The molecule has 3 amide bonds. The number of benzene rings is 2. The van der Waals surface area contributed by atoms with E-state index in [9.17, 15) is 14.4 Å². The van der Waals surface area contributed by atoms with Crippen LogP contribution in [-0.4, -0.2) is 44.8 Å². The van der Waals surface area contributed by atoms with Crippen LogP contribution in [0.4, 0.5) is 4.79 Å². The van der Waals surface area contributed by atoms with Crippen LogP contribution in [0.25, 0.3) is 10.9 Å². The molecule has 1 aromatic heterocycles. The summed E-state index contributed by atoms with van der Waals surface area (Å²) in [5, 5.41) is 3.47. The summed E-state index contributed by atoms with van der Waals surface area (Å²) in [6.07, 6.45) is 1.54. The number of H-pyrrole nitrogens is 1. The van der Waals surface area contributed by atoms with Gasteiger partial charge in [-0.15, -0.1) is 0 Å². The zero-order valence-electron chi connectivity index (χ0n) is 18.1. The van der Waals surface area contributed by atoms with Crippen LogP contribution in [-0.2, 0) is 24.4 Å². The third-order valence-electron chi connectivity index (χ3n) is 5.65. The molecule has 2 N–H and O–H groups in total. The van der Waals surface area contributed by atoms with Crippen molar-refractivity contribution in [3.8, 4) is 0 Å². The molecule has 3 aromatic rings. The third kappa shape index (κ3) is 4.96. The second-order valence-corrected chi connectivity index (χ2v) is 7.94. The van der Waals surface area contributed by atoms with Crippen molar-refractivity contribution in [2.75, 3.05) is 13.1 Å². The molecule has 8 heteroatoms. The number of carbonyl (C=O) groups is 2. The monoisotopic (exact) mass is 433 g/mol. The summed E-state index contributed by atoms with van der Waals surface area (Å²) in [7, 11) is 0. The first-order chi connectivity index (χ1) is 15.5. The van der Waals surface area contributed by atoms with Gasteiger partial charge in [0.15, 0.2) is 0 Å². The predicted octanol–water partition coefficient (Wildman–Crippen LogP) is 2.78. The van der Waals surface area contributed by atoms with Gasteiger partial charge in [-0.05, 0) is 36.6 Å². The summed E-state index contributed by atoms with van der Waals surface area (Å²) in [4.78, 5) is 47.6. The summed E-state index contributed by atoms with van der Waals surface area (Å²) in [5.41, 5.74) is 2.42. The highest BCUT2D eigenvalue weighted by atomic mass is 16.2. The first-order valence-corrected chi connectivity index (χ1v) is 10.9. The smallest absolute Gasteiger partial charge is 0.318 e. The largest absolute Gasteiger partial charge is 0.338 e. The number of nitrogens with zero attached hydrogens (tertiary/aromatic N) is 3. The molecule has 0 bridgehead atoms. The Morgan fingerprint density at radius 2 is 1.97 bits per heavy atom. The molecule has 0 spiro atoms. The minimum Gasteiger partial charge on any atom is -0.338 e. The van der Waals surface area contributed by atoms with E-state index < -0.39 is 0 Å². The molecular weight excluding hydrogens is 406 g/mol. The van der Waals surface area contributed by atoms with Gasteiger partial charge in [-0.1, -0.05) is 36.4 Å². The second kappa shape index (κ2) is 9.64. The number of aromatic amines is 1. The topological polar surface area (TPSA) is 98.4 Å². The lowest BCUT2D eigenvalue weighted by molar-refractivity contribution is -0.128. The molecule has 0 unspecified atom stereocenters. The molecule has 166 valence electrons. The zero-order valence-corrected chi connectivity index (χ0v) is 18.1. The van der Waals surface area contributed by atoms with E-state index in [-0.39, 0.29) is 24.0 Å². The Labute approximate surface area is 186 Å². The number of carbonyl (C=O) groups excluding carboxylic acids is 2. The number of aromatic nitrogens is 2. The lowest BCUT2D eigenvalue weighted by Gasteiger charge is -2.21. The van der Waals surface area contributed by atoms with Crippen molar-refractivity contribution >= 4 is 22.8 Å². The van der Waals surface area contributed by atoms with Gasteiger partial charge in [0.25, 0.3) is 5.56 Å². The molecule has 8 nitrogen and oxygen atoms in total. The van der Waals surface area contributed by atoms with Crippen molar-refractivity contribution in [1.82, 2.24) is 25.1 Å². The van der Waals surface area contributed by atoms with Gasteiger partial charge in [0.2, 0.25) is 5.91 Å². The number of likely N-dealkylation sites (tertiary alicyclic amines) is 1. The lowest BCUT2D eigenvalue weighted by Crippen LogP contribution is -2.39. The van der Waals surface area contributed by atoms with Crippen LogP contribution in [0.15, 0.2) is 53.3 Å². The van der Waals surface area contributed by atoms with Crippen molar-refractivity contribution in [3.05, 3.63) is 75.8 Å². The SMILES string of the molecule is CCN(Cc1nc2ccccc2c(=O)[nH]1)C(=O)NCc1cccc(CN2CCCC2=O)c1. The number of amides is 3. The fourth-order valence-corrected chi connectivity index (χ4v) is 3.94. The molecule has 2 aromatic carbocycles. The molecule has 0 atom stereocenters. The molecule has 1 aliphatic heterocycles. The van der Waals surface area contributed by atoms with Gasteiger partial charge >= 0.3 is 6.03 Å². The Balaban J connectivity index is 1.38. The number of hydrogen-bond donors (Lipinski definition) is 2. The Kier molecular flexibility index (Phi) is 6.49. The standard InChI is InChI=1S/C24H27N5O3/c1-2-28(16-21-26-20-10-4-3-9-19(20)23(31)27-21)24(32)25-14-17-7-5-8-18(13-17)15-29-12-6-11-22(29)30/h3-5,7-10,13H,2,6,11-12,14-16H2,1H3,(H,25,32)(H,26,27,31). The lowest BCUT2D eigenvalue weighted by atomic mass is 10.1. The molecule has 0 radical (unpaired) electrons. The maximum atomic E-state index is 12.7. The quantitative estimate of drug-likeness (QED) is 0.599. The second-order valence-electron chi connectivity index (χ2n) is 7.94. The Morgan fingerprint density at radius 3 is 2.75 bits per heavy atom. The van der Waals surface area contributed by atoms with Crippen LogP contribution in [0.2, 0.25) is 0 Å². The molecule has 32 heavy (non-hydrogen) atoms. The highest BCUT2D eigenvalue weighted by Crippen LogP contribution is 2.15. The van der Waals surface area contributed by atoms with Crippen LogP contribution < -0.4 is 10.9 Å². The van der Waals surface area contributed by atoms with E-state index in [1.54, 1.807) is 23.1 Å². The molecule has 0 saturated carbocycles. The van der Waals surface area contributed by atoms with Gasteiger partial charge in [0.05, 0.1) is 17.4 Å². The molecule has 1 aliphatic rings. The van der Waals surface area contributed by atoms with E-state index in [1.165, 1.54) is 0 Å². The highest BCUT2D eigenvalue weighted by Gasteiger charge is 2.20. The average Bonchev–Trinajstić information content (AvgIpc) is 3.20. The molecule has 4 rings (SSSR count). The fraction of sp³-hybridized carbons (Fsp3) is 0.333. The Bertz CT molecular complexity index is 1190. The number of fused-ring (bicyclic) bond motifs is 1. The van der Waals surface area contributed by atoms with Gasteiger partial charge in [-0.2, -0.15) is 0 Å². The number of para-hydroxylation sites is 1. The van der Waals surface area contributed by atoms with Gasteiger partial charge in [-0.25, -0.2) is 9.78 Å². The van der Waals surface area contributed by atoms with Crippen molar-refractivity contribution in [2.24, 2.45) is 0 Å². The van der Waals surface area contributed by atoms with Crippen molar-refractivity contribution in [1.29, 1.82) is 0 Å². The van der Waals surface area contributed by atoms with E-state index in [0.717, 1.165) is 24.1 Å². The van der Waals surface area contributed by atoms with Crippen LogP contribution in [0.1, 0.15) is 36.7 Å². The van der Waals surface area contributed by atoms with Crippen LogP contribution in [0.3, 0.4) is 0 Å². The van der Waals surface area contributed by atoms with Gasteiger partial charge < -0.3 is 20.1 Å².